The SMILES string of the molecule is CN1CCCN(C)C(=O)COc2cc(ccc2NCC(=O)Nc2ccc(Cl)cc2)Nc2ncnc3[nH]cc(c23)C1. The molecule has 12 heteroatoms. The van der Waals surface area contributed by atoms with E-state index in [0.717, 1.165) is 29.6 Å². The first kappa shape index (κ1) is 27.2. The van der Waals surface area contributed by atoms with E-state index < -0.39 is 0 Å². The molecule has 0 saturated heterocycles. The molecule has 3 heterocycles. The van der Waals surface area contributed by atoms with E-state index in [4.69, 9.17) is 16.3 Å². The van der Waals surface area contributed by atoms with Crippen molar-refractivity contribution in [1.29, 1.82) is 0 Å². The van der Waals surface area contributed by atoms with Crippen molar-refractivity contribution in [3.05, 3.63) is 65.6 Å². The average molecular weight is 563 g/mol. The minimum absolute atomic E-state index is 0.00757. The maximum absolute atomic E-state index is 12.8. The fourth-order valence-corrected chi connectivity index (χ4v) is 4.61. The van der Waals surface area contributed by atoms with Crippen molar-refractivity contribution < 1.29 is 14.3 Å². The summed E-state index contributed by atoms with van der Waals surface area (Å²) in [4.78, 5) is 41.4. The van der Waals surface area contributed by atoms with Crippen LogP contribution in [0.15, 0.2) is 55.0 Å². The van der Waals surface area contributed by atoms with Gasteiger partial charge in [-0.1, -0.05) is 11.6 Å². The number of carbonyl (C=O) groups is 2. The fraction of sp³-hybridized carbons (Fsp3) is 0.286. The molecule has 208 valence electrons. The molecule has 0 radical (unpaired) electrons. The normalized spacial score (nSPS) is 14.9. The number of nitrogens with zero attached hydrogens (tertiary/aromatic N) is 4. The zero-order valence-electron chi connectivity index (χ0n) is 22.3. The molecule has 0 spiro atoms. The number of halogens is 1. The van der Waals surface area contributed by atoms with Gasteiger partial charge in [0, 0.05) is 48.8 Å². The van der Waals surface area contributed by atoms with Gasteiger partial charge in [-0.05, 0) is 62.0 Å². The van der Waals surface area contributed by atoms with Crippen molar-refractivity contribution in [3.63, 3.8) is 0 Å². The molecule has 0 saturated carbocycles. The highest BCUT2D eigenvalue weighted by molar-refractivity contribution is 6.30. The molecule has 0 fully saturated rings. The zero-order chi connectivity index (χ0) is 28.1. The first-order valence-corrected chi connectivity index (χ1v) is 13.3. The molecule has 40 heavy (non-hydrogen) atoms. The summed E-state index contributed by atoms with van der Waals surface area (Å²) >= 11 is 5.92. The molecule has 4 N–H and O–H groups in total. The summed E-state index contributed by atoms with van der Waals surface area (Å²) in [5.41, 5.74) is 3.73. The second-order valence-corrected chi connectivity index (χ2v) is 10.1. The Balaban J connectivity index is 1.40. The number of anilines is 4. The topological polar surface area (TPSA) is 128 Å². The van der Waals surface area contributed by atoms with Crippen LogP contribution in [0.2, 0.25) is 5.02 Å². The van der Waals surface area contributed by atoms with Crippen molar-refractivity contribution in [1.82, 2.24) is 24.8 Å². The molecule has 0 atom stereocenters. The summed E-state index contributed by atoms with van der Waals surface area (Å²) in [5.74, 6) is 0.711. The van der Waals surface area contributed by atoms with Crippen LogP contribution in [0.4, 0.5) is 22.9 Å². The highest BCUT2D eigenvalue weighted by atomic mass is 35.5. The number of benzene rings is 2. The summed E-state index contributed by atoms with van der Waals surface area (Å²) in [6.45, 7) is 1.97. The summed E-state index contributed by atoms with van der Waals surface area (Å²) in [6, 6.07) is 12.3. The van der Waals surface area contributed by atoms with E-state index in [2.05, 4.69) is 42.8 Å². The lowest BCUT2D eigenvalue weighted by Crippen LogP contribution is -2.34. The summed E-state index contributed by atoms with van der Waals surface area (Å²) in [6.07, 6.45) is 4.28. The predicted molar refractivity (Wildman–Crippen MR) is 156 cm³/mol. The van der Waals surface area contributed by atoms with Crippen molar-refractivity contribution in [3.8, 4) is 5.75 Å². The van der Waals surface area contributed by atoms with Gasteiger partial charge in [0.05, 0.1) is 17.6 Å². The van der Waals surface area contributed by atoms with E-state index in [1.54, 1.807) is 48.3 Å². The molecule has 5 rings (SSSR count). The smallest absolute Gasteiger partial charge is 0.260 e. The standard InChI is InChI=1S/C28H31ClN8O3/c1-36-10-3-11-37(2)25(39)16-40-23-12-21(35-28-26-18(15-36)13-31-27(26)32-17-33-28)8-9-22(23)30-14-24(38)34-20-6-4-19(29)5-7-20/h4-9,12-13,17,30H,3,10-11,14-16H2,1-2H3,(H,34,38)(H2,31,32,33,35). The Bertz CT molecular complexity index is 1510. The molecule has 1 aliphatic heterocycles. The Kier molecular flexibility index (Phi) is 8.32. The third-order valence-electron chi connectivity index (χ3n) is 6.61. The highest BCUT2D eigenvalue weighted by Gasteiger charge is 2.17. The second-order valence-electron chi connectivity index (χ2n) is 9.70. The lowest BCUT2D eigenvalue weighted by molar-refractivity contribution is -0.132. The largest absolute Gasteiger partial charge is 0.482 e. The van der Waals surface area contributed by atoms with E-state index >= 15 is 0 Å². The molecule has 2 aromatic heterocycles. The minimum atomic E-state index is -0.242. The molecular formula is C28H31ClN8O3. The number of nitrogens with one attached hydrogen (secondary N) is 4. The maximum Gasteiger partial charge on any atom is 0.260 e. The lowest BCUT2D eigenvalue weighted by Gasteiger charge is -2.22. The number of ether oxygens (including phenoxy) is 1. The molecular weight excluding hydrogens is 532 g/mol. The lowest BCUT2D eigenvalue weighted by atomic mass is 10.2. The van der Waals surface area contributed by atoms with Crippen molar-refractivity contribution >= 4 is 57.3 Å². The van der Waals surface area contributed by atoms with E-state index in [0.29, 0.717) is 46.7 Å². The Morgan fingerprint density at radius 3 is 2.77 bits per heavy atom. The van der Waals surface area contributed by atoms with Crippen LogP contribution in [0.5, 0.6) is 5.75 Å². The predicted octanol–water partition coefficient (Wildman–Crippen LogP) is 4.08. The van der Waals surface area contributed by atoms with Gasteiger partial charge in [0.25, 0.3) is 5.91 Å². The quantitative estimate of drug-likeness (QED) is 0.293. The molecule has 2 amide bonds. The minimum Gasteiger partial charge on any atom is -0.482 e. The van der Waals surface area contributed by atoms with Crippen molar-refractivity contribution in [2.45, 2.75) is 13.0 Å². The van der Waals surface area contributed by atoms with E-state index in [-0.39, 0.29) is 25.0 Å². The number of aromatic nitrogens is 3. The van der Waals surface area contributed by atoms with Crippen LogP contribution in [0.1, 0.15) is 12.0 Å². The number of rotatable bonds is 4. The van der Waals surface area contributed by atoms with Gasteiger partial charge in [-0.3, -0.25) is 9.59 Å². The molecule has 2 aromatic carbocycles. The Labute approximate surface area is 236 Å². The number of carbonyl (C=O) groups excluding carboxylic acids is 2. The van der Waals surface area contributed by atoms with Gasteiger partial charge in [0.2, 0.25) is 5.91 Å². The number of H-pyrrole nitrogens is 1. The van der Waals surface area contributed by atoms with Crippen LogP contribution >= 0.6 is 11.6 Å². The molecule has 4 aromatic rings. The van der Waals surface area contributed by atoms with Crippen LogP contribution in [0, 0.1) is 0 Å². The summed E-state index contributed by atoms with van der Waals surface area (Å²) < 4.78 is 5.98. The number of likely N-dealkylation sites (N-methyl/N-ethyl adjacent to an activating group) is 1. The van der Waals surface area contributed by atoms with Gasteiger partial charge in [0.15, 0.2) is 6.61 Å². The molecule has 0 aliphatic carbocycles. The van der Waals surface area contributed by atoms with Gasteiger partial charge in [-0.2, -0.15) is 0 Å². The van der Waals surface area contributed by atoms with Crippen molar-refractivity contribution in [2.75, 3.05) is 56.3 Å². The van der Waals surface area contributed by atoms with Crippen LogP contribution in [-0.2, 0) is 16.1 Å². The highest BCUT2D eigenvalue weighted by Crippen LogP contribution is 2.32. The first-order chi connectivity index (χ1) is 19.4. The van der Waals surface area contributed by atoms with Crippen LogP contribution < -0.4 is 20.7 Å². The summed E-state index contributed by atoms with van der Waals surface area (Å²) in [7, 11) is 3.83. The van der Waals surface area contributed by atoms with Gasteiger partial charge in [0.1, 0.15) is 23.5 Å². The second kappa shape index (κ2) is 12.2. The number of fused-ring (bicyclic) bond motifs is 2. The third kappa shape index (κ3) is 6.61. The molecule has 0 unspecified atom stereocenters. The number of hydrogen-bond acceptors (Lipinski definition) is 8. The van der Waals surface area contributed by atoms with E-state index in [1.165, 1.54) is 6.33 Å². The van der Waals surface area contributed by atoms with Crippen molar-refractivity contribution in [2.24, 2.45) is 0 Å². The maximum atomic E-state index is 12.8. The number of amides is 2. The first-order valence-electron chi connectivity index (χ1n) is 12.9. The third-order valence-corrected chi connectivity index (χ3v) is 6.87. The van der Waals surface area contributed by atoms with Gasteiger partial charge < -0.3 is 35.5 Å². The Morgan fingerprint density at radius 1 is 1.12 bits per heavy atom. The summed E-state index contributed by atoms with van der Waals surface area (Å²) in [5, 5.41) is 10.8. The molecule has 1 aliphatic rings. The fourth-order valence-electron chi connectivity index (χ4n) is 4.48. The zero-order valence-corrected chi connectivity index (χ0v) is 23.1. The van der Waals surface area contributed by atoms with Gasteiger partial charge in [-0.25, -0.2) is 9.97 Å². The Morgan fingerprint density at radius 2 is 1.95 bits per heavy atom. The van der Waals surface area contributed by atoms with Gasteiger partial charge >= 0.3 is 0 Å². The van der Waals surface area contributed by atoms with E-state index in [9.17, 15) is 9.59 Å². The molecule has 2 bridgehead atoms. The van der Waals surface area contributed by atoms with Gasteiger partial charge in [-0.15, -0.1) is 0 Å². The van der Waals surface area contributed by atoms with Crippen LogP contribution in [0.25, 0.3) is 11.0 Å². The van der Waals surface area contributed by atoms with Crippen LogP contribution in [0.3, 0.4) is 0 Å². The number of aromatic amines is 1. The average Bonchev–Trinajstić information content (AvgIpc) is 3.35. The molecule has 11 nitrogen and oxygen atoms in total. The van der Waals surface area contributed by atoms with E-state index in [1.807, 2.05) is 12.3 Å². The number of hydrogen-bond donors (Lipinski definition) is 4. The Hall–Kier alpha value is -4.35. The monoisotopic (exact) mass is 562 g/mol. The van der Waals surface area contributed by atoms with Crippen LogP contribution in [-0.4, -0.2) is 76.9 Å².